The van der Waals surface area contributed by atoms with Crippen molar-refractivity contribution in [2.45, 2.75) is 6.54 Å². The maximum atomic E-state index is 11.9. The van der Waals surface area contributed by atoms with Crippen LogP contribution in [0.5, 0.6) is 5.75 Å². The molecule has 0 fully saturated rings. The summed E-state index contributed by atoms with van der Waals surface area (Å²) < 4.78 is 7.21. The van der Waals surface area contributed by atoms with E-state index in [1.165, 1.54) is 0 Å². The molecule has 0 spiro atoms. The van der Waals surface area contributed by atoms with Crippen LogP contribution in [0.3, 0.4) is 0 Å². The summed E-state index contributed by atoms with van der Waals surface area (Å²) in [4.78, 5) is 11.9. The van der Waals surface area contributed by atoms with Crippen LogP contribution in [0.15, 0.2) is 73.1 Å². The van der Waals surface area contributed by atoms with Crippen molar-refractivity contribution in [2.75, 3.05) is 6.61 Å². The van der Waals surface area contributed by atoms with Crippen LogP contribution in [-0.4, -0.2) is 22.3 Å². The smallest absolute Gasteiger partial charge is 0.258 e. The van der Waals surface area contributed by atoms with Gasteiger partial charge in [0, 0.05) is 18.9 Å². The van der Waals surface area contributed by atoms with Crippen molar-refractivity contribution in [3.63, 3.8) is 0 Å². The number of nitrogens with zero attached hydrogens (tertiary/aromatic N) is 2. The highest BCUT2D eigenvalue weighted by molar-refractivity contribution is 5.77. The summed E-state index contributed by atoms with van der Waals surface area (Å²) in [5.74, 6) is 0.517. The molecule has 23 heavy (non-hydrogen) atoms. The van der Waals surface area contributed by atoms with E-state index in [1.807, 2.05) is 66.9 Å². The third-order valence-electron chi connectivity index (χ3n) is 3.33. The lowest BCUT2D eigenvalue weighted by Gasteiger charge is -2.11. The summed E-state index contributed by atoms with van der Waals surface area (Å²) in [5, 5.41) is 7.10. The number of nitrogens with one attached hydrogen (secondary N) is 1. The molecule has 0 radical (unpaired) electrons. The molecule has 0 atom stereocenters. The Balaban J connectivity index is 1.57. The third-order valence-corrected chi connectivity index (χ3v) is 3.33. The van der Waals surface area contributed by atoms with Crippen molar-refractivity contribution in [1.82, 2.24) is 15.1 Å². The Hall–Kier alpha value is -3.08. The molecule has 1 aromatic heterocycles. The largest absolute Gasteiger partial charge is 0.484 e. The molecule has 116 valence electrons. The monoisotopic (exact) mass is 307 g/mol. The van der Waals surface area contributed by atoms with E-state index in [4.69, 9.17) is 4.74 Å². The van der Waals surface area contributed by atoms with E-state index in [9.17, 15) is 4.79 Å². The Morgan fingerprint density at radius 1 is 1.04 bits per heavy atom. The van der Waals surface area contributed by atoms with Gasteiger partial charge >= 0.3 is 0 Å². The van der Waals surface area contributed by atoms with Gasteiger partial charge in [-0.15, -0.1) is 0 Å². The van der Waals surface area contributed by atoms with Crippen molar-refractivity contribution in [2.24, 2.45) is 0 Å². The molecule has 3 aromatic rings. The number of rotatable bonds is 6. The number of benzene rings is 2. The number of ether oxygens (including phenoxy) is 1. The lowest BCUT2D eigenvalue weighted by atomic mass is 10.2. The van der Waals surface area contributed by atoms with Crippen molar-refractivity contribution in [1.29, 1.82) is 0 Å². The molecule has 1 N–H and O–H groups in total. The van der Waals surface area contributed by atoms with Gasteiger partial charge in [0.2, 0.25) is 0 Å². The molecule has 0 aliphatic carbocycles. The maximum absolute atomic E-state index is 11.9. The zero-order valence-electron chi connectivity index (χ0n) is 12.6. The molecule has 2 aromatic carbocycles. The predicted octanol–water partition coefficient (Wildman–Crippen LogP) is 2.57. The van der Waals surface area contributed by atoms with E-state index in [2.05, 4.69) is 10.4 Å². The summed E-state index contributed by atoms with van der Waals surface area (Å²) >= 11 is 0. The van der Waals surface area contributed by atoms with Crippen LogP contribution in [-0.2, 0) is 11.3 Å². The first-order chi connectivity index (χ1) is 11.3. The molecule has 0 aliphatic rings. The Kier molecular flexibility index (Phi) is 4.69. The number of carbonyl (C=O) groups is 1. The normalized spacial score (nSPS) is 10.3. The van der Waals surface area contributed by atoms with Crippen LogP contribution in [0.25, 0.3) is 5.69 Å². The fourth-order valence-electron chi connectivity index (χ4n) is 2.21. The highest BCUT2D eigenvalue weighted by Crippen LogP contribution is 2.13. The standard InChI is InChI=1S/C18H17N3O2/c22-18(14-23-16-8-2-1-3-9-16)19-13-15-7-4-5-10-17(15)21-12-6-11-20-21/h1-12H,13-14H2,(H,19,22). The topological polar surface area (TPSA) is 56.1 Å². The van der Waals surface area contributed by atoms with Gasteiger partial charge in [0.15, 0.2) is 6.61 Å². The van der Waals surface area contributed by atoms with Crippen molar-refractivity contribution in [3.8, 4) is 11.4 Å². The number of hydrogen-bond acceptors (Lipinski definition) is 3. The number of hydrogen-bond donors (Lipinski definition) is 1. The molecule has 0 unspecified atom stereocenters. The summed E-state index contributed by atoms with van der Waals surface area (Å²) in [6.45, 7) is 0.418. The van der Waals surface area contributed by atoms with Gasteiger partial charge in [-0.05, 0) is 29.8 Å². The zero-order chi connectivity index (χ0) is 15.9. The van der Waals surface area contributed by atoms with E-state index in [0.29, 0.717) is 12.3 Å². The Labute approximate surface area is 134 Å². The van der Waals surface area contributed by atoms with Crippen LogP contribution < -0.4 is 10.1 Å². The van der Waals surface area contributed by atoms with Gasteiger partial charge in [-0.2, -0.15) is 5.10 Å². The summed E-state index contributed by atoms with van der Waals surface area (Å²) in [7, 11) is 0. The highest BCUT2D eigenvalue weighted by atomic mass is 16.5. The van der Waals surface area contributed by atoms with E-state index in [0.717, 1.165) is 11.3 Å². The molecule has 5 heteroatoms. The summed E-state index contributed by atoms with van der Waals surface area (Å²) in [6.07, 6.45) is 3.60. The van der Waals surface area contributed by atoms with Gasteiger partial charge in [0.05, 0.1) is 5.69 Å². The lowest BCUT2D eigenvalue weighted by molar-refractivity contribution is -0.123. The molecule has 0 saturated carbocycles. The molecule has 0 bridgehead atoms. The van der Waals surface area contributed by atoms with E-state index < -0.39 is 0 Å². The Bertz CT molecular complexity index is 755. The number of carbonyl (C=O) groups excluding carboxylic acids is 1. The Morgan fingerprint density at radius 3 is 2.61 bits per heavy atom. The maximum Gasteiger partial charge on any atom is 0.258 e. The fraction of sp³-hybridized carbons (Fsp3) is 0.111. The molecule has 1 amide bonds. The minimum Gasteiger partial charge on any atom is -0.484 e. The minimum absolute atomic E-state index is 0.00600. The average molecular weight is 307 g/mol. The van der Waals surface area contributed by atoms with Crippen LogP contribution in [0, 0.1) is 0 Å². The second-order valence-electron chi connectivity index (χ2n) is 4.96. The molecule has 0 saturated heterocycles. The quantitative estimate of drug-likeness (QED) is 0.761. The minimum atomic E-state index is -0.163. The molecule has 0 aliphatic heterocycles. The third kappa shape index (κ3) is 3.97. The summed E-state index contributed by atoms with van der Waals surface area (Å²) in [6, 6.07) is 19.0. The first-order valence-electron chi connectivity index (χ1n) is 7.35. The second kappa shape index (κ2) is 7.26. The van der Waals surface area contributed by atoms with Crippen LogP contribution >= 0.6 is 0 Å². The second-order valence-corrected chi connectivity index (χ2v) is 4.96. The average Bonchev–Trinajstić information content (AvgIpc) is 3.14. The van der Waals surface area contributed by atoms with Crippen molar-refractivity contribution < 1.29 is 9.53 Å². The first kappa shape index (κ1) is 14.8. The zero-order valence-corrected chi connectivity index (χ0v) is 12.6. The molecule has 1 heterocycles. The van der Waals surface area contributed by atoms with Crippen LogP contribution in [0.4, 0.5) is 0 Å². The highest BCUT2D eigenvalue weighted by Gasteiger charge is 2.07. The number of para-hydroxylation sites is 2. The lowest BCUT2D eigenvalue weighted by Crippen LogP contribution is -2.28. The molecule has 3 rings (SSSR count). The fourth-order valence-corrected chi connectivity index (χ4v) is 2.21. The van der Waals surface area contributed by atoms with Gasteiger partial charge < -0.3 is 10.1 Å². The van der Waals surface area contributed by atoms with Crippen LogP contribution in [0.1, 0.15) is 5.56 Å². The van der Waals surface area contributed by atoms with Gasteiger partial charge in [-0.25, -0.2) is 4.68 Å². The van der Waals surface area contributed by atoms with Gasteiger partial charge in [0.25, 0.3) is 5.91 Å². The number of amides is 1. The van der Waals surface area contributed by atoms with Crippen molar-refractivity contribution in [3.05, 3.63) is 78.6 Å². The van der Waals surface area contributed by atoms with Gasteiger partial charge in [-0.1, -0.05) is 36.4 Å². The summed E-state index contributed by atoms with van der Waals surface area (Å²) in [5.41, 5.74) is 1.94. The Morgan fingerprint density at radius 2 is 1.83 bits per heavy atom. The van der Waals surface area contributed by atoms with Gasteiger partial charge in [-0.3, -0.25) is 4.79 Å². The molecular formula is C18H17N3O2. The SMILES string of the molecule is O=C(COc1ccccc1)NCc1ccccc1-n1cccn1. The molecular weight excluding hydrogens is 290 g/mol. The van der Waals surface area contributed by atoms with E-state index in [1.54, 1.807) is 10.9 Å². The van der Waals surface area contributed by atoms with Gasteiger partial charge in [0.1, 0.15) is 5.75 Å². The predicted molar refractivity (Wildman–Crippen MR) is 87.3 cm³/mol. The van der Waals surface area contributed by atoms with E-state index in [-0.39, 0.29) is 12.5 Å². The van der Waals surface area contributed by atoms with Crippen molar-refractivity contribution >= 4 is 5.91 Å². The molecule has 5 nitrogen and oxygen atoms in total. The van der Waals surface area contributed by atoms with Crippen LogP contribution in [0.2, 0.25) is 0 Å². The number of aromatic nitrogens is 2. The first-order valence-corrected chi connectivity index (χ1v) is 7.35. The van der Waals surface area contributed by atoms with E-state index >= 15 is 0 Å².